The highest BCUT2D eigenvalue weighted by Gasteiger charge is 2.17. The lowest BCUT2D eigenvalue weighted by Crippen LogP contribution is -2.04. The van der Waals surface area contributed by atoms with Crippen LogP contribution in [0.1, 0.15) is 17.4 Å². The Morgan fingerprint density at radius 2 is 2.26 bits per heavy atom. The van der Waals surface area contributed by atoms with Gasteiger partial charge in [0.15, 0.2) is 5.69 Å². The first-order valence-corrected chi connectivity index (χ1v) is 6.88. The molecule has 4 nitrogen and oxygen atoms in total. The topological polar surface area (TPSA) is 48.4 Å². The summed E-state index contributed by atoms with van der Waals surface area (Å²) in [5.74, 6) is 0.188. The number of esters is 1. The van der Waals surface area contributed by atoms with Crippen LogP contribution < -0.4 is 4.74 Å². The summed E-state index contributed by atoms with van der Waals surface area (Å²) in [5.41, 5.74) is 0.969. The molecule has 19 heavy (non-hydrogen) atoms. The highest BCUT2D eigenvalue weighted by molar-refractivity contribution is 7.13. The minimum absolute atomic E-state index is 0.281. The Hall–Kier alpha value is -1.59. The van der Waals surface area contributed by atoms with E-state index in [0.29, 0.717) is 28.0 Å². The van der Waals surface area contributed by atoms with Gasteiger partial charge in [-0.2, -0.15) is 0 Å². The van der Waals surface area contributed by atoms with Crippen molar-refractivity contribution < 1.29 is 14.3 Å². The Labute approximate surface area is 120 Å². The maximum atomic E-state index is 11.6. The number of carbonyl (C=O) groups is 1. The number of hydrogen-bond acceptors (Lipinski definition) is 5. The molecule has 0 saturated heterocycles. The maximum absolute atomic E-state index is 11.6. The molecule has 2 aromatic rings. The van der Waals surface area contributed by atoms with Crippen LogP contribution in [0.15, 0.2) is 23.6 Å². The quantitative estimate of drug-likeness (QED) is 0.808. The van der Waals surface area contributed by atoms with E-state index in [4.69, 9.17) is 21.1 Å². The van der Waals surface area contributed by atoms with Gasteiger partial charge in [-0.25, -0.2) is 9.78 Å². The number of thiazole rings is 1. The molecule has 0 radical (unpaired) electrons. The van der Waals surface area contributed by atoms with E-state index in [-0.39, 0.29) is 5.69 Å². The van der Waals surface area contributed by atoms with Crippen molar-refractivity contribution in [2.24, 2.45) is 0 Å². The number of ether oxygens (including phenoxy) is 2. The highest BCUT2D eigenvalue weighted by atomic mass is 35.5. The van der Waals surface area contributed by atoms with E-state index in [1.807, 2.05) is 0 Å². The minimum Gasteiger partial charge on any atom is -0.496 e. The predicted octanol–water partition coefficient (Wildman–Crippen LogP) is 3.65. The summed E-state index contributed by atoms with van der Waals surface area (Å²) in [6.07, 6.45) is 0. The molecular formula is C13H12ClNO3S. The van der Waals surface area contributed by atoms with Crippen LogP contribution in [0.4, 0.5) is 0 Å². The molecule has 0 fully saturated rings. The zero-order valence-corrected chi connectivity index (χ0v) is 12.0. The number of rotatable bonds is 4. The Morgan fingerprint density at radius 3 is 2.95 bits per heavy atom. The molecule has 0 atom stereocenters. The van der Waals surface area contributed by atoms with Gasteiger partial charge in [0.1, 0.15) is 10.8 Å². The van der Waals surface area contributed by atoms with E-state index in [0.717, 1.165) is 0 Å². The van der Waals surface area contributed by atoms with Crippen molar-refractivity contribution in [3.05, 3.63) is 34.3 Å². The largest absolute Gasteiger partial charge is 0.496 e. The summed E-state index contributed by atoms with van der Waals surface area (Å²) in [6.45, 7) is 2.07. The molecular weight excluding hydrogens is 286 g/mol. The molecule has 1 aromatic heterocycles. The number of aromatic nitrogens is 1. The van der Waals surface area contributed by atoms with Crippen molar-refractivity contribution in [3.8, 4) is 16.3 Å². The Morgan fingerprint density at radius 1 is 1.47 bits per heavy atom. The normalized spacial score (nSPS) is 10.3. The molecule has 0 aliphatic carbocycles. The number of halogens is 1. The summed E-state index contributed by atoms with van der Waals surface area (Å²) >= 11 is 7.49. The molecule has 0 aliphatic heterocycles. The molecule has 1 aromatic carbocycles. The summed E-state index contributed by atoms with van der Waals surface area (Å²) in [6, 6.07) is 5.35. The van der Waals surface area contributed by atoms with Crippen LogP contribution in [-0.4, -0.2) is 24.7 Å². The average Bonchev–Trinajstić information content (AvgIpc) is 2.88. The van der Waals surface area contributed by atoms with Crippen LogP contribution in [0, 0.1) is 0 Å². The SMILES string of the molecule is CCOC(=O)c1csc(-c2c(Cl)cccc2OC)n1. The molecule has 0 spiro atoms. The van der Waals surface area contributed by atoms with Crippen molar-refractivity contribution >= 4 is 28.9 Å². The number of hydrogen-bond donors (Lipinski definition) is 0. The monoisotopic (exact) mass is 297 g/mol. The smallest absolute Gasteiger partial charge is 0.357 e. The van der Waals surface area contributed by atoms with E-state index in [2.05, 4.69) is 4.98 Å². The minimum atomic E-state index is -0.434. The fourth-order valence-corrected chi connectivity index (χ4v) is 2.73. The van der Waals surface area contributed by atoms with E-state index >= 15 is 0 Å². The van der Waals surface area contributed by atoms with Gasteiger partial charge < -0.3 is 9.47 Å². The summed E-state index contributed by atoms with van der Waals surface area (Å²) in [4.78, 5) is 15.8. The van der Waals surface area contributed by atoms with Crippen LogP contribution >= 0.6 is 22.9 Å². The van der Waals surface area contributed by atoms with Gasteiger partial charge in [-0.3, -0.25) is 0 Å². The summed E-state index contributed by atoms with van der Waals surface area (Å²) in [7, 11) is 1.56. The molecule has 0 unspecified atom stereocenters. The molecule has 2 rings (SSSR count). The van der Waals surface area contributed by atoms with Crippen molar-refractivity contribution in [1.29, 1.82) is 0 Å². The number of carbonyl (C=O) groups excluding carboxylic acids is 1. The first-order chi connectivity index (χ1) is 9.17. The van der Waals surface area contributed by atoms with Crippen molar-refractivity contribution in [1.82, 2.24) is 4.98 Å². The molecule has 0 N–H and O–H groups in total. The lowest BCUT2D eigenvalue weighted by atomic mass is 10.2. The van der Waals surface area contributed by atoms with Crippen LogP contribution in [0.3, 0.4) is 0 Å². The second kappa shape index (κ2) is 6.04. The van der Waals surface area contributed by atoms with Gasteiger partial charge in [-0.1, -0.05) is 17.7 Å². The predicted molar refractivity (Wildman–Crippen MR) is 75.1 cm³/mol. The van der Waals surface area contributed by atoms with E-state index in [1.54, 1.807) is 37.6 Å². The summed E-state index contributed by atoms with van der Waals surface area (Å²) in [5, 5.41) is 2.81. The molecule has 0 amide bonds. The average molecular weight is 298 g/mol. The molecule has 6 heteroatoms. The van der Waals surface area contributed by atoms with Crippen LogP contribution in [0.2, 0.25) is 5.02 Å². The third kappa shape index (κ3) is 2.88. The van der Waals surface area contributed by atoms with Crippen LogP contribution in [0.25, 0.3) is 10.6 Å². The summed E-state index contributed by atoms with van der Waals surface area (Å²) < 4.78 is 10.2. The fourth-order valence-electron chi connectivity index (χ4n) is 1.57. The zero-order chi connectivity index (χ0) is 13.8. The van der Waals surface area contributed by atoms with Gasteiger partial charge >= 0.3 is 5.97 Å². The lowest BCUT2D eigenvalue weighted by molar-refractivity contribution is 0.0520. The fraction of sp³-hybridized carbons (Fsp3) is 0.231. The standard InChI is InChI=1S/C13H12ClNO3S/c1-3-18-13(16)9-7-19-12(15-9)11-8(14)5-4-6-10(11)17-2/h4-7H,3H2,1-2H3. The van der Waals surface area contributed by atoms with Gasteiger partial charge in [-0.15, -0.1) is 11.3 Å². The molecule has 0 aliphatic rings. The second-order valence-corrected chi connectivity index (χ2v) is 4.84. The second-order valence-electron chi connectivity index (χ2n) is 3.58. The highest BCUT2D eigenvalue weighted by Crippen LogP contribution is 2.37. The molecule has 100 valence electrons. The Bertz CT molecular complexity index is 597. The van der Waals surface area contributed by atoms with Crippen molar-refractivity contribution in [3.63, 3.8) is 0 Å². The zero-order valence-electron chi connectivity index (χ0n) is 10.5. The van der Waals surface area contributed by atoms with Crippen LogP contribution in [-0.2, 0) is 4.74 Å². The van der Waals surface area contributed by atoms with Gasteiger partial charge in [0.25, 0.3) is 0 Å². The van der Waals surface area contributed by atoms with Gasteiger partial charge in [0, 0.05) is 5.38 Å². The van der Waals surface area contributed by atoms with Gasteiger partial charge in [0.2, 0.25) is 0 Å². The third-order valence-electron chi connectivity index (χ3n) is 2.40. The van der Waals surface area contributed by atoms with Crippen molar-refractivity contribution in [2.45, 2.75) is 6.92 Å². The van der Waals surface area contributed by atoms with Gasteiger partial charge in [-0.05, 0) is 19.1 Å². The maximum Gasteiger partial charge on any atom is 0.357 e. The third-order valence-corrected chi connectivity index (χ3v) is 3.57. The van der Waals surface area contributed by atoms with E-state index < -0.39 is 5.97 Å². The lowest BCUT2D eigenvalue weighted by Gasteiger charge is -2.07. The number of methoxy groups -OCH3 is 1. The Balaban J connectivity index is 2.41. The number of nitrogens with zero attached hydrogens (tertiary/aromatic N) is 1. The molecule has 1 heterocycles. The van der Waals surface area contributed by atoms with E-state index in [9.17, 15) is 4.79 Å². The molecule has 0 bridgehead atoms. The number of benzene rings is 1. The Kier molecular flexibility index (Phi) is 4.39. The van der Waals surface area contributed by atoms with Crippen molar-refractivity contribution in [2.75, 3.05) is 13.7 Å². The first kappa shape index (κ1) is 13.8. The molecule has 0 saturated carbocycles. The van der Waals surface area contributed by atoms with Gasteiger partial charge in [0.05, 0.1) is 24.3 Å². The first-order valence-electron chi connectivity index (χ1n) is 5.63. The van der Waals surface area contributed by atoms with E-state index in [1.165, 1.54) is 11.3 Å². The van der Waals surface area contributed by atoms with Crippen LogP contribution in [0.5, 0.6) is 5.75 Å².